The first-order chi connectivity index (χ1) is 6.61. The van der Waals surface area contributed by atoms with Gasteiger partial charge in [0, 0.05) is 0 Å². The van der Waals surface area contributed by atoms with Crippen LogP contribution in [0, 0.1) is 0 Å². The number of hydrogen-bond donors (Lipinski definition) is 2. The maximum atomic E-state index is 10.4. The van der Waals surface area contributed by atoms with Crippen LogP contribution in [0.25, 0.3) is 0 Å². The number of hydrogen-bond acceptors (Lipinski definition) is 3. The monoisotopic (exact) mass is 196 g/mol. The van der Waals surface area contributed by atoms with E-state index in [0.717, 1.165) is 0 Å². The zero-order valence-electron chi connectivity index (χ0n) is 7.75. The number of carboxylic acid groups (broad SMARTS) is 1. The molecular weight excluding hydrogens is 184 g/mol. The molecule has 2 atom stereocenters. The van der Waals surface area contributed by atoms with Crippen LogP contribution in [-0.2, 0) is 4.79 Å². The summed E-state index contributed by atoms with van der Waals surface area (Å²) in [4.78, 5) is 10.4. The Kier molecular flexibility index (Phi) is 3.48. The maximum absolute atomic E-state index is 10.4. The van der Waals surface area contributed by atoms with E-state index in [0.29, 0.717) is 5.75 Å². The molecule has 0 aliphatic carbocycles. The maximum Gasteiger partial charge on any atom is 0.336 e. The van der Waals surface area contributed by atoms with Gasteiger partial charge in [0.2, 0.25) is 0 Å². The van der Waals surface area contributed by atoms with E-state index in [2.05, 4.69) is 0 Å². The first-order valence-electron chi connectivity index (χ1n) is 4.24. The van der Waals surface area contributed by atoms with E-state index >= 15 is 0 Å². The van der Waals surface area contributed by atoms with Crippen molar-refractivity contribution in [1.82, 2.24) is 0 Å². The van der Waals surface area contributed by atoms with Crippen molar-refractivity contribution in [2.45, 2.75) is 19.1 Å². The molecule has 4 nitrogen and oxygen atoms in total. The van der Waals surface area contributed by atoms with Gasteiger partial charge >= 0.3 is 5.97 Å². The average molecular weight is 196 g/mol. The molecule has 0 amide bonds. The van der Waals surface area contributed by atoms with Crippen LogP contribution in [-0.4, -0.2) is 28.4 Å². The van der Waals surface area contributed by atoms with Crippen LogP contribution >= 0.6 is 0 Å². The van der Waals surface area contributed by atoms with Crippen molar-refractivity contribution in [2.75, 3.05) is 0 Å². The minimum Gasteiger partial charge on any atom is -0.487 e. The lowest BCUT2D eigenvalue weighted by Gasteiger charge is -2.16. The van der Waals surface area contributed by atoms with Crippen molar-refractivity contribution in [3.05, 3.63) is 30.3 Å². The summed E-state index contributed by atoms with van der Waals surface area (Å²) < 4.78 is 5.21. The summed E-state index contributed by atoms with van der Waals surface area (Å²) in [5.41, 5.74) is 0. The number of carboxylic acids is 1. The zero-order valence-corrected chi connectivity index (χ0v) is 7.75. The zero-order chi connectivity index (χ0) is 10.6. The number of aliphatic carboxylic acids is 1. The van der Waals surface area contributed by atoms with Crippen LogP contribution in [0.15, 0.2) is 30.3 Å². The van der Waals surface area contributed by atoms with Gasteiger partial charge in [0.1, 0.15) is 11.9 Å². The Morgan fingerprint density at radius 1 is 1.36 bits per heavy atom. The summed E-state index contributed by atoms with van der Waals surface area (Å²) in [6.07, 6.45) is -2.27. The molecule has 0 saturated carbocycles. The van der Waals surface area contributed by atoms with Crippen LogP contribution in [0.3, 0.4) is 0 Å². The highest BCUT2D eigenvalue weighted by molar-refractivity contribution is 5.72. The fourth-order valence-corrected chi connectivity index (χ4v) is 0.979. The molecule has 1 aromatic carbocycles. The highest BCUT2D eigenvalue weighted by Gasteiger charge is 2.22. The molecule has 0 aliphatic heterocycles. The fraction of sp³-hybridized carbons (Fsp3) is 0.300. The van der Waals surface area contributed by atoms with Crippen LogP contribution in [0.5, 0.6) is 5.75 Å². The van der Waals surface area contributed by atoms with E-state index in [9.17, 15) is 4.79 Å². The van der Waals surface area contributed by atoms with E-state index in [1.165, 1.54) is 6.92 Å². The summed E-state index contributed by atoms with van der Waals surface area (Å²) in [5, 5.41) is 17.6. The van der Waals surface area contributed by atoms with E-state index < -0.39 is 18.2 Å². The lowest BCUT2D eigenvalue weighted by molar-refractivity contribution is -0.151. The van der Waals surface area contributed by atoms with E-state index in [1.807, 2.05) is 6.07 Å². The molecule has 0 bridgehead atoms. The van der Waals surface area contributed by atoms with Gasteiger partial charge in [-0.05, 0) is 19.1 Å². The number of rotatable bonds is 4. The molecule has 0 fully saturated rings. The van der Waals surface area contributed by atoms with Crippen molar-refractivity contribution in [3.8, 4) is 5.75 Å². The number of ether oxygens (including phenoxy) is 1. The Labute approximate surface area is 81.8 Å². The van der Waals surface area contributed by atoms with Crippen molar-refractivity contribution >= 4 is 5.97 Å². The lowest BCUT2D eigenvalue weighted by Crippen LogP contribution is -2.35. The number of para-hydroxylation sites is 1. The largest absolute Gasteiger partial charge is 0.487 e. The molecule has 2 N–H and O–H groups in total. The van der Waals surface area contributed by atoms with Crippen LogP contribution in [0.4, 0.5) is 0 Å². The molecule has 76 valence electrons. The Morgan fingerprint density at radius 3 is 2.43 bits per heavy atom. The number of aliphatic hydroxyl groups excluding tert-OH is 1. The quantitative estimate of drug-likeness (QED) is 0.750. The highest BCUT2D eigenvalue weighted by atomic mass is 16.5. The van der Waals surface area contributed by atoms with Gasteiger partial charge in [-0.1, -0.05) is 18.2 Å². The standard InChI is InChI=1S/C10H12O4/c1-7(9(11)10(12)13)14-8-5-3-2-4-6-8/h2-7,9,11H,1H3,(H,12,13). The fourth-order valence-electron chi connectivity index (χ4n) is 0.979. The van der Waals surface area contributed by atoms with Crippen molar-refractivity contribution < 1.29 is 19.7 Å². The predicted molar refractivity (Wildman–Crippen MR) is 50.2 cm³/mol. The number of aliphatic hydroxyl groups is 1. The number of carbonyl (C=O) groups is 1. The molecule has 4 heteroatoms. The third kappa shape index (κ3) is 2.74. The molecule has 0 radical (unpaired) electrons. The highest BCUT2D eigenvalue weighted by Crippen LogP contribution is 2.12. The predicted octanol–water partition coefficient (Wildman–Crippen LogP) is 0.899. The summed E-state index contributed by atoms with van der Waals surface area (Å²) >= 11 is 0. The van der Waals surface area contributed by atoms with Gasteiger partial charge < -0.3 is 14.9 Å². The lowest BCUT2D eigenvalue weighted by atomic mass is 10.2. The number of benzene rings is 1. The van der Waals surface area contributed by atoms with Crippen molar-refractivity contribution in [2.24, 2.45) is 0 Å². The second kappa shape index (κ2) is 4.62. The third-order valence-corrected chi connectivity index (χ3v) is 1.76. The van der Waals surface area contributed by atoms with Gasteiger partial charge in [-0.15, -0.1) is 0 Å². The van der Waals surface area contributed by atoms with E-state index in [1.54, 1.807) is 24.3 Å². The Hall–Kier alpha value is -1.55. The molecule has 1 aromatic rings. The van der Waals surface area contributed by atoms with Crippen LogP contribution < -0.4 is 4.74 Å². The van der Waals surface area contributed by atoms with Crippen LogP contribution in [0.2, 0.25) is 0 Å². The Bertz CT molecular complexity index is 296. The topological polar surface area (TPSA) is 66.8 Å². The molecule has 2 unspecified atom stereocenters. The van der Waals surface area contributed by atoms with E-state index in [4.69, 9.17) is 14.9 Å². The molecule has 0 heterocycles. The van der Waals surface area contributed by atoms with Gasteiger partial charge in [-0.25, -0.2) is 4.79 Å². The van der Waals surface area contributed by atoms with Gasteiger partial charge in [0.25, 0.3) is 0 Å². The van der Waals surface area contributed by atoms with E-state index in [-0.39, 0.29) is 0 Å². The van der Waals surface area contributed by atoms with Crippen molar-refractivity contribution in [3.63, 3.8) is 0 Å². The van der Waals surface area contributed by atoms with Crippen LogP contribution in [0.1, 0.15) is 6.92 Å². The van der Waals surface area contributed by atoms with Gasteiger partial charge in [0.05, 0.1) is 0 Å². The summed E-state index contributed by atoms with van der Waals surface area (Å²) in [6, 6.07) is 8.77. The van der Waals surface area contributed by atoms with Gasteiger partial charge in [-0.2, -0.15) is 0 Å². The minimum absolute atomic E-state index is 0.542. The molecule has 14 heavy (non-hydrogen) atoms. The van der Waals surface area contributed by atoms with Crippen molar-refractivity contribution in [1.29, 1.82) is 0 Å². The normalized spacial score (nSPS) is 14.4. The first-order valence-corrected chi connectivity index (χ1v) is 4.24. The smallest absolute Gasteiger partial charge is 0.336 e. The molecule has 0 aromatic heterocycles. The second-order valence-corrected chi connectivity index (χ2v) is 2.92. The molecule has 0 spiro atoms. The third-order valence-electron chi connectivity index (χ3n) is 1.76. The van der Waals surface area contributed by atoms with Gasteiger partial charge in [-0.3, -0.25) is 0 Å². The summed E-state index contributed by atoms with van der Waals surface area (Å²) in [6.45, 7) is 1.51. The second-order valence-electron chi connectivity index (χ2n) is 2.92. The molecular formula is C10H12O4. The molecule has 1 rings (SSSR count). The summed E-state index contributed by atoms with van der Waals surface area (Å²) in [7, 11) is 0. The Balaban J connectivity index is 2.57. The minimum atomic E-state index is -1.50. The Morgan fingerprint density at radius 2 is 1.93 bits per heavy atom. The SMILES string of the molecule is CC(Oc1ccccc1)C(O)C(=O)O. The molecule has 0 saturated heterocycles. The first kappa shape index (κ1) is 10.5. The molecule has 0 aliphatic rings. The van der Waals surface area contributed by atoms with Gasteiger partial charge in [0.15, 0.2) is 6.10 Å². The average Bonchev–Trinajstić information content (AvgIpc) is 2.18. The summed E-state index contributed by atoms with van der Waals surface area (Å²) in [5.74, 6) is -0.742.